The number of benzene rings is 1. The number of thiophene rings is 1. The van der Waals surface area contributed by atoms with Crippen molar-refractivity contribution in [3.63, 3.8) is 0 Å². The lowest BCUT2D eigenvalue weighted by Crippen LogP contribution is -2.31. The monoisotopic (exact) mass is 418 g/mol. The molecule has 0 aliphatic rings. The first-order valence-electron chi connectivity index (χ1n) is 9.57. The summed E-state index contributed by atoms with van der Waals surface area (Å²) >= 11 is 1.28. The van der Waals surface area contributed by atoms with E-state index in [2.05, 4.69) is 27.4 Å². The van der Waals surface area contributed by atoms with Crippen LogP contribution in [0.5, 0.6) is 0 Å². The number of amides is 1. The smallest absolute Gasteiger partial charge is 0.259 e. The molecule has 8 heteroatoms. The third kappa shape index (κ3) is 4.14. The molecule has 0 aliphatic carbocycles. The molecule has 4 aromatic rings. The molecule has 0 aliphatic heterocycles. The summed E-state index contributed by atoms with van der Waals surface area (Å²) in [6, 6.07) is 13.7. The number of aromatic nitrogens is 3. The van der Waals surface area contributed by atoms with Gasteiger partial charge in [0.1, 0.15) is 10.6 Å². The molecule has 0 spiro atoms. The maximum Gasteiger partial charge on any atom is 0.259 e. The fourth-order valence-electron chi connectivity index (χ4n) is 3.35. The highest BCUT2D eigenvalue weighted by atomic mass is 32.1. The lowest BCUT2D eigenvalue weighted by molar-refractivity contribution is 0.100. The second kappa shape index (κ2) is 8.56. The van der Waals surface area contributed by atoms with Crippen LogP contribution < -0.4 is 16.8 Å². The molecule has 0 fully saturated rings. The lowest BCUT2D eigenvalue weighted by atomic mass is 10.1. The van der Waals surface area contributed by atoms with Gasteiger partial charge in [-0.2, -0.15) is 0 Å². The Bertz CT molecular complexity index is 1180. The highest BCUT2D eigenvalue weighted by molar-refractivity contribution is 7.20. The van der Waals surface area contributed by atoms with Gasteiger partial charge in [-0.15, -0.1) is 11.3 Å². The number of nitrogens with two attached hydrogens (primary N) is 2. The zero-order valence-corrected chi connectivity index (χ0v) is 17.3. The van der Waals surface area contributed by atoms with Crippen molar-refractivity contribution in [1.29, 1.82) is 0 Å². The minimum absolute atomic E-state index is 0.101. The van der Waals surface area contributed by atoms with Crippen molar-refractivity contribution in [3.8, 4) is 11.4 Å². The van der Waals surface area contributed by atoms with Crippen LogP contribution >= 0.6 is 11.3 Å². The largest absolute Gasteiger partial charge is 0.368 e. The normalized spacial score (nSPS) is 12.1. The summed E-state index contributed by atoms with van der Waals surface area (Å²) in [5, 5.41) is 4.18. The summed E-state index contributed by atoms with van der Waals surface area (Å²) in [5.41, 5.74) is 14.7. The Labute approximate surface area is 178 Å². The van der Waals surface area contributed by atoms with Crippen LogP contribution in [0.2, 0.25) is 0 Å². The molecule has 4 rings (SSSR count). The first-order valence-corrected chi connectivity index (χ1v) is 10.4. The van der Waals surface area contributed by atoms with Crippen LogP contribution in [0.4, 0.5) is 5.82 Å². The first kappa shape index (κ1) is 19.9. The minimum atomic E-state index is -0.465. The van der Waals surface area contributed by atoms with Gasteiger partial charge in [-0.25, -0.2) is 9.97 Å². The molecule has 0 saturated carbocycles. The molecule has 1 aromatic carbocycles. The third-order valence-electron chi connectivity index (χ3n) is 4.82. The second-order valence-electron chi connectivity index (χ2n) is 7.06. The minimum Gasteiger partial charge on any atom is -0.368 e. The number of hydrogen-bond donors (Lipinski definition) is 3. The van der Waals surface area contributed by atoms with Crippen molar-refractivity contribution < 1.29 is 4.79 Å². The van der Waals surface area contributed by atoms with Crippen LogP contribution in [0.1, 0.15) is 20.8 Å². The lowest BCUT2D eigenvalue weighted by Gasteiger charge is -2.15. The number of nitrogens with one attached hydrogen (secondary N) is 1. The number of rotatable bonds is 7. The predicted octanol–water partition coefficient (Wildman–Crippen LogP) is 3.14. The number of carbonyl (C=O) groups is 1. The van der Waals surface area contributed by atoms with E-state index in [1.54, 1.807) is 12.4 Å². The molecule has 30 heavy (non-hydrogen) atoms. The highest BCUT2D eigenvalue weighted by Crippen LogP contribution is 2.35. The molecule has 3 aromatic heterocycles. The van der Waals surface area contributed by atoms with Crippen LogP contribution in [0, 0.1) is 6.92 Å². The van der Waals surface area contributed by atoms with Crippen LogP contribution in [0.3, 0.4) is 0 Å². The zero-order valence-electron chi connectivity index (χ0n) is 16.5. The van der Waals surface area contributed by atoms with E-state index in [1.807, 2.05) is 37.3 Å². The van der Waals surface area contributed by atoms with E-state index in [-0.39, 0.29) is 6.04 Å². The second-order valence-corrected chi connectivity index (χ2v) is 8.06. The Morgan fingerprint density at radius 2 is 1.87 bits per heavy atom. The van der Waals surface area contributed by atoms with Gasteiger partial charge < -0.3 is 16.8 Å². The number of primary amides is 1. The molecule has 5 N–H and O–H groups in total. The van der Waals surface area contributed by atoms with Gasteiger partial charge in [0.15, 0.2) is 5.82 Å². The topological polar surface area (TPSA) is 120 Å². The molecule has 1 atom stereocenters. The van der Waals surface area contributed by atoms with Crippen molar-refractivity contribution in [3.05, 3.63) is 70.9 Å². The summed E-state index contributed by atoms with van der Waals surface area (Å²) in [7, 11) is 0. The van der Waals surface area contributed by atoms with E-state index in [0.29, 0.717) is 27.9 Å². The number of anilines is 1. The summed E-state index contributed by atoms with van der Waals surface area (Å²) < 4.78 is 0. The quantitative estimate of drug-likeness (QED) is 0.424. The molecule has 7 nitrogen and oxygen atoms in total. The van der Waals surface area contributed by atoms with E-state index in [9.17, 15) is 4.79 Å². The van der Waals surface area contributed by atoms with E-state index in [0.717, 1.165) is 22.9 Å². The maximum atomic E-state index is 11.9. The Morgan fingerprint density at radius 1 is 1.13 bits per heavy atom. The van der Waals surface area contributed by atoms with Gasteiger partial charge in [0.05, 0.1) is 10.3 Å². The summed E-state index contributed by atoms with van der Waals surface area (Å²) in [5.74, 6) is 0.741. The Morgan fingerprint density at radius 3 is 2.57 bits per heavy atom. The zero-order chi connectivity index (χ0) is 21.1. The number of carbonyl (C=O) groups excluding carboxylic acids is 1. The van der Waals surface area contributed by atoms with Gasteiger partial charge in [-0.3, -0.25) is 9.78 Å². The van der Waals surface area contributed by atoms with Crippen molar-refractivity contribution in [2.75, 3.05) is 11.9 Å². The summed E-state index contributed by atoms with van der Waals surface area (Å²) in [6.45, 7) is 2.39. The fraction of sp³-hybridized carbons (Fsp3) is 0.182. The average molecular weight is 419 g/mol. The van der Waals surface area contributed by atoms with Gasteiger partial charge in [-0.05, 0) is 36.6 Å². The van der Waals surface area contributed by atoms with Crippen molar-refractivity contribution in [1.82, 2.24) is 15.0 Å². The fourth-order valence-corrected chi connectivity index (χ4v) is 4.38. The molecule has 1 amide bonds. The standard InChI is InChI=1S/C22H22N6OS/c1-13-17-21(26-12-16(23)11-14-5-3-2-4-6-14)27-20(15-7-9-25-10-8-15)28-22(17)30-18(13)19(24)29/h2-10,16H,11-12,23H2,1H3,(H2,24,29)(H,26,27,28). The predicted molar refractivity (Wildman–Crippen MR) is 121 cm³/mol. The maximum absolute atomic E-state index is 11.9. The highest BCUT2D eigenvalue weighted by Gasteiger charge is 2.20. The number of fused-ring (bicyclic) bond motifs is 1. The van der Waals surface area contributed by atoms with E-state index < -0.39 is 5.91 Å². The Balaban J connectivity index is 1.68. The van der Waals surface area contributed by atoms with Crippen LogP contribution in [0.25, 0.3) is 21.6 Å². The number of nitrogens with zero attached hydrogens (tertiary/aromatic N) is 3. The molecule has 1 unspecified atom stereocenters. The van der Waals surface area contributed by atoms with E-state index in [1.165, 1.54) is 16.9 Å². The number of pyridine rings is 1. The molecule has 0 bridgehead atoms. The average Bonchev–Trinajstić information content (AvgIpc) is 3.10. The van der Waals surface area contributed by atoms with Gasteiger partial charge in [0, 0.05) is 30.5 Å². The molecule has 0 saturated heterocycles. The van der Waals surface area contributed by atoms with Crippen LogP contribution in [0.15, 0.2) is 54.9 Å². The van der Waals surface area contributed by atoms with Gasteiger partial charge >= 0.3 is 0 Å². The first-order chi connectivity index (χ1) is 14.5. The Kier molecular flexibility index (Phi) is 5.69. The van der Waals surface area contributed by atoms with Crippen LogP contribution in [-0.4, -0.2) is 33.4 Å². The molecular formula is C22H22N6OS. The molecule has 0 radical (unpaired) electrons. The van der Waals surface area contributed by atoms with Crippen molar-refractivity contribution in [2.24, 2.45) is 11.5 Å². The van der Waals surface area contributed by atoms with Gasteiger partial charge in [0.2, 0.25) is 0 Å². The molecule has 3 heterocycles. The van der Waals surface area contributed by atoms with E-state index >= 15 is 0 Å². The third-order valence-corrected chi connectivity index (χ3v) is 6.03. The van der Waals surface area contributed by atoms with Gasteiger partial charge in [-0.1, -0.05) is 30.3 Å². The SMILES string of the molecule is Cc1c(C(N)=O)sc2nc(-c3ccncc3)nc(NCC(N)Cc3ccccc3)c12. The summed E-state index contributed by atoms with van der Waals surface area (Å²) in [4.78, 5) is 26.5. The molecular weight excluding hydrogens is 396 g/mol. The Hall–Kier alpha value is -3.36. The van der Waals surface area contributed by atoms with Crippen molar-refractivity contribution in [2.45, 2.75) is 19.4 Å². The molecule has 152 valence electrons. The number of hydrogen-bond acceptors (Lipinski definition) is 7. The number of aryl methyl sites for hydroxylation is 1. The van der Waals surface area contributed by atoms with Gasteiger partial charge in [0.25, 0.3) is 5.91 Å². The van der Waals surface area contributed by atoms with Crippen molar-refractivity contribution >= 4 is 33.3 Å². The van der Waals surface area contributed by atoms with Crippen LogP contribution in [-0.2, 0) is 6.42 Å². The van der Waals surface area contributed by atoms with E-state index in [4.69, 9.17) is 16.5 Å². The summed E-state index contributed by atoms with van der Waals surface area (Å²) in [6.07, 6.45) is 4.13.